The van der Waals surface area contributed by atoms with Crippen molar-refractivity contribution in [2.75, 3.05) is 40.3 Å². The summed E-state index contributed by atoms with van der Waals surface area (Å²) in [5.74, 6) is -1.37. The molecule has 0 saturated carbocycles. The number of halogens is 1. The van der Waals surface area contributed by atoms with E-state index in [-0.39, 0.29) is 25.5 Å². The van der Waals surface area contributed by atoms with Gasteiger partial charge in [-0.05, 0) is 69.6 Å². The summed E-state index contributed by atoms with van der Waals surface area (Å²) in [6.07, 6.45) is 3.93. The van der Waals surface area contributed by atoms with Gasteiger partial charge < -0.3 is 20.3 Å². The Morgan fingerprint density at radius 3 is 2.54 bits per heavy atom. The second-order valence-electron chi connectivity index (χ2n) is 10.5. The standard InChI is InChI=1S/C29H34FN7O4/c1-18-29-21(5-4-6-24(29)37(34-18)17-27(39)31-14-26(38)32-15-28(40)41-3)22-12-25-20(11-23(22)30)13-33-36(25)16-19-7-9-35(2)10-8-19/h4-6,11-13,19H,7-10,14-17H2,1-3H3,(H,31,39)(H,32,38). The molecule has 41 heavy (non-hydrogen) atoms. The maximum absolute atomic E-state index is 15.5. The predicted octanol–water partition coefficient (Wildman–Crippen LogP) is 2.25. The van der Waals surface area contributed by atoms with Crippen LogP contribution in [-0.4, -0.2) is 82.6 Å². The first-order valence-corrected chi connectivity index (χ1v) is 13.6. The van der Waals surface area contributed by atoms with Crippen LogP contribution < -0.4 is 10.6 Å². The number of rotatable bonds is 9. The lowest BCUT2D eigenvalue weighted by Crippen LogP contribution is -2.40. The minimum absolute atomic E-state index is 0.136. The van der Waals surface area contributed by atoms with Crippen LogP contribution in [0.4, 0.5) is 4.39 Å². The van der Waals surface area contributed by atoms with Crippen LogP contribution >= 0.6 is 0 Å². The van der Waals surface area contributed by atoms with E-state index in [4.69, 9.17) is 0 Å². The third kappa shape index (κ3) is 6.22. The van der Waals surface area contributed by atoms with Crippen molar-refractivity contribution in [2.24, 2.45) is 5.92 Å². The summed E-state index contributed by atoms with van der Waals surface area (Å²) in [5, 5.41) is 15.5. The Morgan fingerprint density at radius 2 is 1.78 bits per heavy atom. The van der Waals surface area contributed by atoms with E-state index < -0.39 is 17.8 Å². The molecule has 0 radical (unpaired) electrons. The van der Waals surface area contributed by atoms with E-state index in [0.717, 1.165) is 48.8 Å². The number of carbonyl (C=O) groups is 3. The van der Waals surface area contributed by atoms with E-state index in [1.165, 1.54) is 17.9 Å². The number of methoxy groups -OCH3 is 1. The quantitative estimate of drug-likeness (QED) is 0.300. The number of aryl methyl sites for hydroxylation is 1. The van der Waals surface area contributed by atoms with Crippen LogP contribution in [0.25, 0.3) is 32.9 Å². The zero-order valence-electron chi connectivity index (χ0n) is 23.4. The number of nitrogens with one attached hydrogen (secondary N) is 2. The van der Waals surface area contributed by atoms with E-state index in [9.17, 15) is 14.4 Å². The number of likely N-dealkylation sites (tertiary alicyclic amines) is 1. The van der Waals surface area contributed by atoms with Gasteiger partial charge in [-0.2, -0.15) is 10.2 Å². The van der Waals surface area contributed by atoms with Gasteiger partial charge in [0.2, 0.25) is 11.8 Å². The van der Waals surface area contributed by atoms with Crippen LogP contribution in [0.15, 0.2) is 36.5 Å². The van der Waals surface area contributed by atoms with Gasteiger partial charge in [0, 0.05) is 22.9 Å². The molecule has 4 aromatic rings. The monoisotopic (exact) mass is 563 g/mol. The van der Waals surface area contributed by atoms with Crippen molar-refractivity contribution in [3.8, 4) is 11.1 Å². The lowest BCUT2D eigenvalue weighted by Gasteiger charge is -2.28. The fourth-order valence-electron chi connectivity index (χ4n) is 5.38. The summed E-state index contributed by atoms with van der Waals surface area (Å²) in [6.45, 7) is 4.03. The van der Waals surface area contributed by atoms with Crippen molar-refractivity contribution in [3.05, 3.63) is 48.0 Å². The lowest BCUT2D eigenvalue weighted by molar-refractivity contribution is -0.141. The van der Waals surface area contributed by atoms with E-state index >= 15 is 4.39 Å². The molecule has 0 unspecified atom stereocenters. The Bertz CT molecular complexity index is 1600. The highest BCUT2D eigenvalue weighted by Crippen LogP contribution is 2.35. The molecule has 0 spiro atoms. The van der Waals surface area contributed by atoms with Crippen LogP contribution in [-0.2, 0) is 32.2 Å². The Hall–Kier alpha value is -4.32. The molecule has 11 nitrogen and oxygen atoms in total. The molecule has 2 aromatic heterocycles. The topological polar surface area (TPSA) is 123 Å². The molecule has 2 amide bonds. The van der Waals surface area contributed by atoms with Crippen LogP contribution in [0, 0.1) is 18.7 Å². The zero-order valence-corrected chi connectivity index (χ0v) is 23.4. The maximum Gasteiger partial charge on any atom is 0.325 e. The molecule has 3 heterocycles. The van der Waals surface area contributed by atoms with Gasteiger partial charge in [-0.15, -0.1) is 0 Å². The normalized spacial score (nSPS) is 14.4. The number of piperidine rings is 1. The Balaban J connectivity index is 1.37. The van der Waals surface area contributed by atoms with Crippen molar-refractivity contribution in [3.63, 3.8) is 0 Å². The third-order valence-electron chi connectivity index (χ3n) is 7.64. The van der Waals surface area contributed by atoms with E-state index in [1.54, 1.807) is 6.20 Å². The highest BCUT2D eigenvalue weighted by molar-refractivity contribution is 5.99. The van der Waals surface area contributed by atoms with Gasteiger partial charge >= 0.3 is 5.97 Å². The summed E-state index contributed by atoms with van der Waals surface area (Å²) in [5.41, 5.74) is 3.33. The van der Waals surface area contributed by atoms with Crippen molar-refractivity contribution in [1.82, 2.24) is 35.1 Å². The minimum Gasteiger partial charge on any atom is -0.468 e. The molecular weight excluding hydrogens is 529 g/mol. The van der Waals surface area contributed by atoms with Crippen molar-refractivity contribution in [2.45, 2.75) is 32.9 Å². The smallest absolute Gasteiger partial charge is 0.325 e. The van der Waals surface area contributed by atoms with Gasteiger partial charge in [-0.3, -0.25) is 23.7 Å². The summed E-state index contributed by atoms with van der Waals surface area (Å²) in [6, 6.07) is 8.88. The summed E-state index contributed by atoms with van der Waals surface area (Å²) in [4.78, 5) is 38.0. The van der Waals surface area contributed by atoms with Crippen molar-refractivity contribution >= 4 is 39.6 Å². The van der Waals surface area contributed by atoms with Gasteiger partial charge in [0.1, 0.15) is 18.9 Å². The second-order valence-corrected chi connectivity index (χ2v) is 10.5. The zero-order chi connectivity index (χ0) is 29.1. The highest BCUT2D eigenvalue weighted by atomic mass is 19.1. The maximum atomic E-state index is 15.5. The Kier molecular flexibility index (Phi) is 8.29. The third-order valence-corrected chi connectivity index (χ3v) is 7.64. The SMILES string of the molecule is COC(=O)CNC(=O)CNC(=O)Cn1nc(C)c2c(-c3cc4c(cnn4CC4CCN(C)CC4)cc3F)cccc21. The van der Waals surface area contributed by atoms with Gasteiger partial charge in [0.05, 0.1) is 36.6 Å². The van der Waals surface area contributed by atoms with E-state index in [1.807, 2.05) is 35.9 Å². The van der Waals surface area contributed by atoms with Gasteiger partial charge in [0.15, 0.2) is 0 Å². The number of esters is 1. The number of hydrogen-bond donors (Lipinski definition) is 2. The first-order valence-electron chi connectivity index (χ1n) is 13.6. The summed E-state index contributed by atoms with van der Waals surface area (Å²) < 4.78 is 23.5. The number of benzene rings is 2. The predicted molar refractivity (Wildman–Crippen MR) is 151 cm³/mol. The van der Waals surface area contributed by atoms with Crippen LogP contribution in [0.1, 0.15) is 18.5 Å². The first kappa shape index (κ1) is 28.2. The van der Waals surface area contributed by atoms with Crippen LogP contribution in [0.2, 0.25) is 0 Å². The van der Waals surface area contributed by atoms with Crippen LogP contribution in [0.3, 0.4) is 0 Å². The molecule has 0 bridgehead atoms. The first-order chi connectivity index (χ1) is 19.7. The lowest BCUT2D eigenvalue weighted by atomic mass is 9.96. The fraction of sp³-hybridized carbons (Fsp3) is 0.414. The van der Waals surface area contributed by atoms with Crippen molar-refractivity contribution in [1.29, 1.82) is 0 Å². The second kappa shape index (κ2) is 12.0. The van der Waals surface area contributed by atoms with Gasteiger partial charge in [0.25, 0.3) is 0 Å². The van der Waals surface area contributed by atoms with Crippen molar-refractivity contribution < 1.29 is 23.5 Å². The molecule has 1 aliphatic rings. The molecule has 2 N–H and O–H groups in total. The van der Waals surface area contributed by atoms with E-state index in [2.05, 4.69) is 37.5 Å². The molecule has 1 saturated heterocycles. The molecular formula is C29H34FN7O4. The average Bonchev–Trinajstić information content (AvgIpc) is 3.50. The fourth-order valence-corrected chi connectivity index (χ4v) is 5.38. The molecule has 1 fully saturated rings. The number of carbonyl (C=O) groups excluding carboxylic acids is 3. The molecule has 12 heteroatoms. The number of fused-ring (bicyclic) bond motifs is 2. The number of hydrogen-bond acceptors (Lipinski definition) is 7. The summed E-state index contributed by atoms with van der Waals surface area (Å²) >= 11 is 0. The molecule has 0 atom stereocenters. The van der Waals surface area contributed by atoms with Gasteiger partial charge in [-0.25, -0.2) is 4.39 Å². The minimum atomic E-state index is -0.587. The molecule has 0 aliphatic carbocycles. The number of aromatic nitrogens is 4. The Morgan fingerprint density at radius 1 is 1.02 bits per heavy atom. The largest absolute Gasteiger partial charge is 0.468 e. The number of amides is 2. The summed E-state index contributed by atoms with van der Waals surface area (Å²) in [7, 11) is 3.36. The molecule has 5 rings (SSSR count). The molecule has 1 aliphatic heterocycles. The number of ether oxygens (including phenoxy) is 1. The highest BCUT2D eigenvalue weighted by Gasteiger charge is 2.21. The van der Waals surface area contributed by atoms with Gasteiger partial charge in [-0.1, -0.05) is 12.1 Å². The average molecular weight is 564 g/mol. The van der Waals surface area contributed by atoms with Crippen LogP contribution in [0.5, 0.6) is 0 Å². The molecule has 2 aromatic carbocycles. The number of nitrogens with zero attached hydrogens (tertiary/aromatic N) is 5. The Labute approximate surface area is 236 Å². The molecule has 216 valence electrons. The van der Waals surface area contributed by atoms with E-state index in [0.29, 0.717) is 28.3 Å².